The molecule has 0 aliphatic rings. The molecule has 2 N–H and O–H groups in total. The Bertz CT molecular complexity index is 811. The molecule has 3 aromatic rings. The van der Waals surface area contributed by atoms with Gasteiger partial charge < -0.3 is 10.3 Å². The molecule has 21 heavy (non-hydrogen) atoms. The van der Waals surface area contributed by atoms with Gasteiger partial charge in [0.2, 0.25) is 0 Å². The van der Waals surface area contributed by atoms with E-state index in [4.69, 9.17) is 28.9 Å². The molecule has 3 rings (SSSR count). The summed E-state index contributed by atoms with van der Waals surface area (Å²) in [4.78, 5) is 8.76. The van der Waals surface area contributed by atoms with Gasteiger partial charge in [-0.15, -0.1) is 0 Å². The van der Waals surface area contributed by atoms with Gasteiger partial charge >= 0.3 is 0 Å². The second kappa shape index (κ2) is 5.54. The largest absolute Gasteiger partial charge is 0.397 e. The number of aryl methyl sites for hydroxylation is 1. The topological polar surface area (TPSA) is 56.7 Å². The lowest BCUT2D eigenvalue weighted by molar-refractivity contribution is 0.704. The summed E-state index contributed by atoms with van der Waals surface area (Å²) in [5, 5.41) is 1.01. The monoisotopic (exact) mass is 320 g/mol. The molecule has 2 heterocycles. The number of imidazole rings is 1. The summed E-state index contributed by atoms with van der Waals surface area (Å²) in [5.41, 5.74) is 9.07. The normalized spacial score (nSPS) is 11.2. The first-order valence-corrected chi connectivity index (χ1v) is 7.43. The highest BCUT2D eigenvalue weighted by atomic mass is 35.5. The van der Waals surface area contributed by atoms with Crippen LogP contribution in [0.4, 0.5) is 5.69 Å². The lowest BCUT2D eigenvalue weighted by atomic mass is 10.1. The van der Waals surface area contributed by atoms with Crippen LogP contribution in [0.15, 0.2) is 30.6 Å². The van der Waals surface area contributed by atoms with Crippen molar-refractivity contribution in [2.45, 2.75) is 19.9 Å². The van der Waals surface area contributed by atoms with Crippen molar-refractivity contribution < 1.29 is 0 Å². The Kier molecular flexibility index (Phi) is 3.74. The number of hydrogen-bond donors (Lipinski definition) is 1. The molecule has 0 saturated heterocycles. The lowest BCUT2D eigenvalue weighted by Crippen LogP contribution is -2.02. The third kappa shape index (κ3) is 2.34. The second-order valence-electron chi connectivity index (χ2n) is 4.77. The van der Waals surface area contributed by atoms with E-state index < -0.39 is 0 Å². The number of rotatable bonds is 3. The fraction of sp³-hybridized carbons (Fsp3) is 0.200. The number of anilines is 1. The molecular formula is C15H14Cl2N4. The highest BCUT2D eigenvalue weighted by Gasteiger charge is 2.18. The van der Waals surface area contributed by atoms with E-state index in [1.165, 1.54) is 0 Å². The van der Waals surface area contributed by atoms with Gasteiger partial charge in [0.15, 0.2) is 0 Å². The molecule has 0 aliphatic carbocycles. The zero-order chi connectivity index (χ0) is 15.0. The number of nitrogens with zero attached hydrogens (tertiary/aromatic N) is 3. The fourth-order valence-electron chi connectivity index (χ4n) is 2.42. The highest BCUT2D eigenvalue weighted by Crippen LogP contribution is 2.38. The SMILES string of the molecule is CCCn1c(-c2c(Cl)ccc(Cl)c2N)nc2cnccc21. The van der Waals surface area contributed by atoms with Crippen molar-refractivity contribution in [1.29, 1.82) is 0 Å². The van der Waals surface area contributed by atoms with E-state index in [9.17, 15) is 0 Å². The molecule has 0 fully saturated rings. The molecule has 0 radical (unpaired) electrons. The van der Waals surface area contributed by atoms with Crippen LogP contribution >= 0.6 is 23.2 Å². The first kappa shape index (κ1) is 14.2. The van der Waals surface area contributed by atoms with E-state index in [2.05, 4.69) is 21.5 Å². The van der Waals surface area contributed by atoms with Crippen molar-refractivity contribution in [3.05, 3.63) is 40.6 Å². The molecule has 4 nitrogen and oxygen atoms in total. The third-order valence-corrected chi connectivity index (χ3v) is 4.01. The summed E-state index contributed by atoms with van der Waals surface area (Å²) in [6.45, 7) is 2.93. The molecule has 1 aromatic carbocycles. The van der Waals surface area contributed by atoms with Crippen LogP contribution in [0.5, 0.6) is 0 Å². The highest BCUT2D eigenvalue weighted by molar-refractivity contribution is 6.37. The van der Waals surface area contributed by atoms with Gasteiger partial charge in [-0.25, -0.2) is 4.98 Å². The van der Waals surface area contributed by atoms with Crippen LogP contribution in [0.1, 0.15) is 13.3 Å². The minimum Gasteiger partial charge on any atom is -0.397 e. The van der Waals surface area contributed by atoms with Crippen LogP contribution in [0, 0.1) is 0 Å². The van der Waals surface area contributed by atoms with Gasteiger partial charge in [0.25, 0.3) is 0 Å². The van der Waals surface area contributed by atoms with Gasteiger partial charge in [-0.3, -0.25) is 4.98 Å². The molecule has 0 bridgehead atoms. The van der Waals surface area contributed by atoms with Gasteiger partial charge in [-0.05, 0) is 24.6 Å². The maximum Gasteiger partial charge on any atom is 0.144 e. The van der Waals surface area contributed by atoms with Gasteiger partial charge in [0, 0.05) is 12.7 Å². The van der Waals surface area contributed by atoms with Crippen LogP contribution in [0.3, 0.4) is 0 Å². The van der Waals surface area contributed by atoms with Crippen molar-refractivity contribution >= 4 is 39.9 Å². The molecule has 0 saturated carbocycles. The number of fused-ring (bicyclic) bond motifs is 1. The standard InChI is InChI=1S/C15H14Cl2N4/c1-2-7-21-12-5-6-19-8-11(12)20-15(21)13-9(16)3-4-10(17)14(13)18/h3-6,8H,2,7,18H2,1H3. The third-order valence-electron chi connectivity index (χ3n) is 3.36. The molecule has 2 aromatic heterocycles. The smallest absolute Gasteiger partial charge is 0.144 e. The molecular weight excluding hydrogens is 307 g/mol. The van der Waals surface area contributed by atoms with Crippen LogP contribution < -0.4 is 5.73 Å². The number of nitrogen functional groups attached to an aromatic ring is 1. The molecule has 0 amide bonds. The molecule has 0 unspecified atom stereocenters. The molecule has 0 aliphatic heterocycles. The predicted molar refractivity (Wildman–Crippen MR) is 87.7 cm³/mol. The van der Waals surface area contributed by atoms with Crippen molar-refractivity contribution in [2.24, 2.45) is 0 Å². The van der Waals surface area contributed by atoms with E-state index >= 15 is 0 Å². The quantitative estimate of drug-likeness (QED) is 0.728. The summed E-state index contributed by atoms with van der Waals surface area (Å²) >= 11 is 12.5. The van der Waals surface area contributed by atoms with Gasteiger partial charge in [0.1, 0.15) is 11.3 Å². The number of nitrogens with two attached hydrogens (primary N) is 1. The molecule has 0 spiro atoms. The Morgan fingerprint density at radius 2 is 1.95 bits per heavy atom. The first-order chi connectivity index (χ1) is 10.1. The zero-order valence-corrected chi connectivity index (χ0v) is 13.0. The summed E-state index contributed by atoms with van der Waals surface area (Å²) in [6.07, 6.45) is 4.46. The van der Waals surface area contributed by atoms with Gasteiger partial charge in [0.05, 0.1) is 33.0 Å². The van der Waals surface area contributed by atoms with Crippen LogP contribution in [-0.2, 0) is 6.54 Å². The number of benzene rings is 1. The number of halogens is 2. The van der Waals surface area contributed by atoms with E-state index in [1.54, 1.807) is 24.5 Å². The number of hydrogen-bond acceptors (Lipinski definition) is 3. The van der Waals surface area contributed by atoms with Gasteiger partial charge in [-0.2, -0.15) is 0 Å². The Morgan fingerprint density at radius 1 is 1.19 bits per heavy atom. The van der Waals surface area contributed by atoms with Crippen LogP contribution in [0.2, 0.25) is 10.0 Å². The van der Waals surface area contributed by atoms with Crippen molar-refractivity contribution in [2.75, 3.05) is 5.73 Å². The van der Waals surface area contributed by atoms with Gasteiger partial charge in [-0.1, -0.05) is 30.1 Å². The summed E-state index contributed by atoms with van der Waals surface area (Å²) in [6, 6.07) is 5.37. The molecule has 6 heteroatoms. The Morgan fingerprint density at radius 3 is 2.71 bits per heavy atom. The molecule has 0 atom stereocenters. The van der Waals surface area contributed by atoms with Crippen LogP contribution in [0.25, 0.3) is 22.4 Å². The van der Waals surface area contributed by atoms with Crippen molar-refractivity contribution in [1.82, 2.24) is 14.5 Å². The number of aromatic nitrogens is 3. The minimum absolute atomic E-state index is 0.449. The fourth-order valence-corrected chi connectivity index (χ4v) is 2.82. The summed E-state index contributed by atoms with van der Waals surface area (Å²) < 4.78 is 2.10. The average Bonchev–Trinajstić information content (AvgIpc) is 2.83. The first-order valence-electron chi connectivity index (χ1n) is 6.67. The maximum atomic E-state index is 6.33. The maximum absolute atomic E-state index is 6.33. The Hall–Kier alpha value is -1.78. The predicted octanol–water partition coefficient (Wildman–Crippen LogP) is 4.40. The second-order valence-corrected chi connectivity index (χ2v) is 5.58. The zero-order valence-electron chi connectivity index (χ0n) is 11.5. The van der Waals surface area contributed by atoms with E-state index in [0.29, 0.717) is 21.3 Å². The van der Waals surface area contributed by atoms with E-state index in [0.717, 1.165) is 29.8 Å². The van der Waals surface area contributed by atoms with E-state index in [-0.39, 0.29) is 0 Å². The van der Waals surface area contributed by atoms with Crippen LogP contribution in [-0.4, -0.2) is 14.5 Å². The summed E-state index contributed by atoms with van der Waals surface area (Å²) in [5.74, 6) is 0.727. The Balaban J connectivity index is 2.35. The molecule has 108 valence electrons. The van der Waals surface area contributed by atoms with E-state index in [1.807, 2.05) is 6.07 Å². The Labute approximate surface area is 132 Å². The average molecular weight is 321 g/mol. The minimum atomic E-state index is 0.449. The number of pyridine rings is 1. The summed E-state index contributed by atoms with van der Waals surface area (Å²) in [7, 11) is 0. The lowest BCUT2D eigenvalue weighted by Gasteiger charge is -2.12. The van der Waals surface area contributed by atoms with Crippen molar-refractivity contribution in [3.63, 3.8) is 0 Å². The van der Waals surface area contributed by atoms with Crippen molar-refractivity contribution in [3.8, 4) is 11.4 Å².